The van der Waals surface area contributed by atoms with E-state index >= 15 is 0 Å². The number of hydrogen-bond donors (Lipinski definition) is 2. The zero-order valence-electron chi connectivity index (χ0n) is 9.27. The maximum Gasteiger partial charge on any atom is 0.0701 e. The van der Waals surface area contributed by atoms with Crippen molar-refractivity contribution < 1.29 is 5.11 Å². The molecule has 2 aromatic rings. The number of rotatable bonds is 5. The Labute approximate surface area is 113 Å². The second-order valence-corrected chi connectivity index (χ2v) is 6.28. The van der Waals surface area contributed by atoms with Crippen LogP contribution in [0.1, 0.15) is 16.5 Å². The van der Waals surface area contributed by atoms with E-state index in [1.165, 1.54) is 4.88 Å². The van der Waals surface area contributed by atoms with Crippen molar-refractivity contribution in [1.29, 1.82) is 0 Å². The lowest BCUT2D eigenvalue weighted by atomic mass is 10.1. The number of halogens is 1. The largest absolute Gasteiger partial charge is 0.394 e. The van der Waals surface area contributed by atoms with Gasteiger partial charge in [0, 0.05) is 11.4 Å². The van der Waals surface area contributed by atoms with Crippen LogP contribution in [-0.2, 0) is 6.54 Å². The lowest BCUT2D eigenvalue weighted by molar-refractivity contribution is 0.244. The van der Waals surface area contributed by atoms with Gasteiger partial charge in [0.15, 0.2) is 0 Å². The molecule has 2 nitrogen and oxygen atoms in total. The molecule has 17 heavy (non-hydrogen) atoms. The molecule has 90 valence electrons. The Morgan fingerprint density at radius 1 is 1.18 bits per heavy atom. The van der Waals surface area contributed by atoms with Gasteiger partial charge in [-0.15, -0.1) is 11.3 Å². The highest BCUT2D eigenvalue weighted by Crippen LogP contribution is 2.22. The maximum atomic E-state index is 9.39. The summed E-state index contributed by atoms with van der Waals surface area (Å²) >= 11 is 5.15. The highest BCUT2D eigenvalue weighted by molar-refractivity contribution is 9.11. The third-order valence-electron chi connectivity index (χ3n) is 2.54. The molecule has 0 saturated heterocycles. The standard InChI is InChI=1S/C13H14BrNOS/c14-13-7-6-11(17-13)8-15-12(9-16)10-4-2-1-3-5-10/h1-7,12,15-16H,8-9H2. The summed E-state index contributed by atoms with van der Waals surface area (Å²) < 4.78 is 1.13. The van der Waals surface area contributed by atoms with Crippen molar-refractivity contribution >= 4 is 27.3 Å². The van der Waals surface area contributed by atoms with Gasteiger partial charge in [0.25, 0.3) is 0 Å². The predicted octanol–water partition coefficient (Wildman–Crippen LogP) is 3.33. The summed E-state index contributed by atoms with van der Waals surface area (Å²) in [7, 11) is 0. The van der Waals surface area contributed by atoms with E-state index in [1.54, 1.807) is 11.3 Å². The van der Waals surface area contributed by atoms with Crippen LogP contribution >= 0.6 is 27.3 Å². The fourth-order valence-corrected chi connectivity index (χ4v) is 3.08. The Bertz CT molecular complexity index is 457. The molecule has 0 saturated carbocycles. The predicted molar refractivity (Wildman–Crippen MR) is 75.1 cm³/mol. The Morgan fingerprint density at radius 2 is 1.94 bits per heavy atom. The minimum absolute atomic E-state index is 0.00271. The molecular formula is C13H14BrNOS. The van der Waals surface area contributed by atoms with Gasteiger partial charge in [0.05, 0.1) is 16.4 Å². The zero-order chi connectivity index (χ0) is 12.1. The molecule has 0 spiro atoms. The molecule has 1 unspecified atom stereocenters. The van der Waals surface area contributed by atoms with Crippen molar-refractivity contribution in [3.63, 3.8) is 0 Å². The molecule has 1 aromatic heterocycles. The van der Waals surface area contributed by atoms with Crippen LogP contribution in [0.5, 0.6) is 0 Å². The first kappa shape index (κ1) is 12.8. The van der Waals surface area contributed by atoms with Gasteiger partial charge in [-0.25, -0.2) is 0 Å². The van der Waals surface area contributed by atoms with E-state index in [-0.39, 0.29) is 12.6 Å². The molecule has 2 N–H and O–H groups in total. The molecule has 4 heteroatoms. The van der Waals surface area contributed by atoms with Gasteiger partial charge in [0.1, 0.15) is 0 Å². The minimum Gasteiger partial charge on any atom is -0.394 e. The van der Waals surface area contributed by atoms with E-state index in [2.05, 4.69) is 27.3 Å². The van der Waals surface area contributed by atoms with E-state index < -0.39 is 0 Å². The van der Waals surface area contributed by atoms with E-state index in [0.717, 1.165) is 15.9 Å². The van der Waals surface area contributed by atoms with Gasteiger partial charge in [0.2, 0.25) is 0 Å². The number of benzene rings is 1. The fraction of sp³-hybridized carbons (Fsp3) is 0.231. The highest BCUT2D eigenvalue weighted by atomic mass is 79.9. The van der Waals surface area contributed by atoms with Crippen molar-refractivity contribution in [2.45, 2.75) is 12.6 Å². The molecule has 0 aliphatic rings. The average molecular weight is 312 g/mol. The van der Waals surface area contributed by atoms with Gasteiger partial charge >= 0.3 is 0 Å². The number of aliphatic hydroxyl groups is 1. The van der Waals surface area contributed by atoms with Crippen LogP contribution in [0.25, 0.3) is 0 Å². The first-order valence-electron chi connectivity index (χ1n) is 5.43. The summed E-state index contributed by atoms with van der Waals surface area (Å²) in [4.78, 5) is 1.26. The number of hydrogen-bond acceptors (Lipinski definition) is 3. The lowest BCUT2D eigenvalue weighted by Gasteiger charge is -2.15. The lowest BCUT2D eigenvalue weighted by Crippen LogP contribution is -2.23. The summed E-state index contributed by atoms with van der Waals surface area (Å²) in [6.07, 6.45) is 0. The van der Waals surface area contributed by atoms with E-state index in [9.17, 15) is 5.11 Å². The second-order valence-electron chi connectivity index (χ2n) is 3.73. The summed E-state index contributed by atoms with van der Waals surface area (Å²) in [5.41, 5.74) is 1.12. The van der Waals surface area contributed by atoms with Gasteiger partial charge < -0.3 is 10.4 Å². The molecule has 1 aromatic carbocycles. The molecule has 1 heterocycles. The zero-order valence-corrected chi connectivity index (χ0v) is 11.7. The average Bonchev–Trinajstić information content (AvgIpc) is 2.77. The quantitative estimate of drug-likeness (QED) is 0.887. The summed E-state index contributed by atoms with van der Waals surface area (Å²) in [6, 6.07) is 14.1. The van der Waals surface area contributed by atoms with Crippen LogP contribution in [0.4, 0.5) is 0 Å². The van der Waals surface area contributed by atoms with Crippen LogP contribution in [-0.4, -0.2) is 11.7 Å². The third-order valence-corrected chi connectivity index (χ3v) is 4.16. The normalized spacial score (nSPS) is 12.6. The van der Waals surface area contributed by atoms with Crippen LogP contribution in [0.3, 0.4) is 0 Å². The third kappa shape index (κ3) is 3.64. The number of nitrogens with one attached hydrogen (secondary N) is 1. The first-order chi connectivity index (χ1) is 8.29. The minimum atomic E-state index is -0.00271. The van der Waals surface area contributed by atoms with Crippen molar-refractivity contribution in [3.05, 3.63) is 56.7 Å². The molecule has 1 atom stereocenters. The molecule has 0 aliphatic heterocycles. The van der Waals surface area contributed by atoms with Gasteiger partial charge in [-0.05, 0) is 33.6 Å². The van der Waals surface area contributed by atoms with E-state index in [1.807, 2.05) is 36.4 Å². The van der Waals surface area contributed by atoms with E-state index in [4.69, 9.17) is 0 Å². The topological polar surface area (TPSA) is 32.3 Å². The van der Waals surface area contributed by atoms with Crippen molar-refractivity contribution in [1.82, 2.24) is 5.32 Å². The van der Waals surface area contributed by atoms with Crippen LogP contribution in [0.15, 0.2) is 46.3 Å². The molecule has 0 amide bonds. The Kier molecular flexibility index (Phi) is 4.74. The smallest absolute Gasteiger partial charge is 0.0701 e. The molecule has 0 fully saturated rings. The molecule has 0 bridgehead atoms. The fourth-order valence-electron chi connectivity index (χ4n) is 1.64. The number of thiophene rings is 1. The summed E-state index contributed by atoms with van der Waals surface area (Å²) in [5, 5.41) is 12.7. The summed E-state index contributed by atoms with van der Waals surface area (Å²) in [5.74, 6) is 0. The van der Waals surface area contributed by atoms with Gasteiger partial charge in [-0.1, -0.05) is 30.3 Å². The molecule has 2 rings (SSSR count). The molecular weight excluding hydrogens is 298 g/mol. The highest BCUT2D eigenvalue weighted by Gasteiger charge is 2.09. The molecule has 0 aliphatic carbocycles. The Balaban J connectivity index is 1.97. The Hall–Kier alpha value is -0.680. The summed E-state index contributed by atoms with van der Waals surface area (Å²) in [6.45, 7) is 0.882. The van der Waals surface area contributed by atoms with Gasteiger partial charge in [-0.3, -0.25) is 0 Å². The van der Waals surface area contributed by atoms with Crippen LogP contribution in [0.2, 0.25) is 0 Å². The Morgan fingerprint density at radius 3 is 2.53 bits per heavy atom. The van der Waals surface area contributed by atoms with Gasteiger partial charge in [-0.2, -0.15) is 0 Å². The number of aliphatic hydroxyl groups excluding tert-OH is 1. The maximum absolute atomic E-state index is 9.39. The van der Waals surface area contributed by atoms with E-state index in [0.29, 0.717) is 0 Å². The SMILES string of the molecule is OCC(NCc1ccc(Br)s1)c1ccccc1. The van der Waals surface area contributed by atoms with Crippen molar-refractivity contribution in [2.24, 2.45) is 0 Å². The molecule has 0 radical (unpaired) electrons. The van der Waals surface area contributed by atoms with Crippen LogP contribution < -0.4 is 5.32 Å². The van der Waals surface area contributed by atoms with Crippen molar-refractivity contribution in [3.8, 4) is 0 Å². The van der Waals surface area contributed by atoms with Crippen molar-refractivity contribution in [2.75, 3.05) is 6.61 Å². The first-order valence-corrected chi connectivity index (χ1v) is 7.04. The second kappa shape index (κ2) is 6.31. The monoisotopic (exact) mass is 311 g/mol. The van der Waals surface area contributed by atoms with Crippen LogP contribution in [0, 0.1) is 0 Å².